The van der Waals surface area contributed by atoms with Gasteiger partial charge < -0.3 is 10.6 Å². The van der Waals surface area contributed by atoms with Crippen LogP contribution >= 0.6 is 0 Å². The van der Waals surface area contributed by atoms with Crippen molar-refractivity contribution < 1.29 is 0 Å². The minimum absolute atomic E-state index is 0.484. The standard InChI is InChI=1S/C38H72N2/c1-5-9-11-13-15-17-19-21-23-25-27-33-37(39-7-3)35-31-29-30-32-36(35)38(40-8-4)34-28-26-24-22-20-18-16-14-12-10-6-2/h29-32,37-40H,5-28,33-34H2,1-4H3. The van der Waals surface area contributed by atoms with E-state index in [0.717, 1.165) is 13.1 Å². The summed E-state index contributed by atoms with van der Waals surface area (Å²) >= 11 is 0. The van der Waals surface area contributed by atoms with E-state index in [2.05, 4.69) is 62.6 Å². The molecule has 0 spiro atoms. The Hall–Kier alpha value is -0.860. The normalized spacial score (nSPS) is 13.1. The monoisotopic (exact) mass is 557 g/mol. The molecule has 234 valence electrons. The zero-order chi connectivity index (χ0) is 28.9. The molecule has 2 atom stereocenters. The maximum atomic E-state index is 3.86. The number of nitrogens with one attached hydrogen (secondary N) is 2. The maximum absolute atomic E-state index is 3.86. The molecule has 0 saturated heterocycles. The third kappa shape index (κ3) is 19.3. The number of unbranched alkanes of at least 4 members (excludes halogenated alkanes) is 20. The first-order valence-electron chi connectivity index (χ1n) is 18.3. The average molecular weight is 557 g/mol. The first-order chi connectivity index (χ1) is 19.8. The van der Waals surface area contributed by atoms with E-state index in [-0.39, 0.29) is 0 Å². The molecule has 2 N–H and O–H groups in total. The van der Waals surface area contributed by atoms with E-state index in [1.165, 1.54) is 154 Å². The van der Waals surface area contributed by atoms with Gasteiger partial charge in [-0.1, -0.05) is 193 Å². The summed E-state index contributed by atoms with van der Waals surface area (Å²) in [6.45, 7) is 11.2. The topological polar surface area (TPSA) is 24.1 Å². The number of hydrogen-bond donors (Lipinski definition) is 2. The maximum Gasteiger partial charge on any atom is 0.0323 e. The summed E-state index contributed by atoms with van der Waals surface area (Å²) in [4.78, 5) is 0. The lowest BCUT2D eigenvalue weighted by molar-refractivity contribution is 0.446. The van der Waals surface area contributed by atoms with Gasteiger partial charge in [0.05, 0.1) is 0 Å². The van der Waals surface area contributed by atoms with Crippen molar-refractivity contribution in [3.05, 3.63) is 35.4 Å². The molecule has 2 unspecified atom stereocenters. The fraction of sp³-hybridized carbons (Fsp3) is 0.842. The molecule has 1 aromatic rings. The SMILES string of the molecule is CCCCCCCCCCCCCC(NCC)c1ccccc1C(CCCCCCCCCCCCC)NCC. The predicted molar refractivity (Wildman–Crippen MR) is 181 cm³/mol. The van der Waals surface area contributed by atoms with Gasteiger partial charge in [-0.15, -0.1) is 0 Å². The van der Waals surface area contributed by atoms with Crippen LogP contribution in [0.5, 0.6) is 0 Å². The van der Waals surface area contributed by atoms with Gasteiger partial charge in [-0.3, -0.25) is 0 Å². The van der Waals surface area contributed by atoms with Crippen LogP contribution in [0.15, 0.2) is 24.3 Å². The first kappa shape index (κ1) is 37.2. The van der Waals surface area contributed by atoms with Crippen molar-refractivity contribution in [1.29, 1.82) is 0 Å². The zero-order valence-corrected chi connectivity index (χ0v) is 27.8. The van der Waals surface area contributed by atoms with Crippen LogP contribution in [0.25, 0.3) is 0 Å². The van der Waals surface area contributed by atoms with Crippen LogP contribution in [0.4, 0.5) is 0 Å². The Bertz CT molecular complexity index is 587. The molecule has 0 aliphatic rings. The van der Waals surface area contributed by atoms with E-state index in [1.807, 2.05) is 0 Å². The highest BCUT2D eigenvalue weighted by Crippen LogP contribution is 2.30. The van der Waals surface area contributed by atoms with E-state index in [0.29, 0.717) is 12.1 Å². The summed E-state index contributed by atoms with van der Waals surface area (Å²) in [7, 11) is 0. The summed E-state index contributed by atoms with van der Waals surface area (Å²) in [6, 6.07) is 10.3. The number of hydrogen-bond acceptors (Lipinski definition) is 2. The molecule has 1 rings (SSSR count). The molecule has 0 amide bonds. The van der Waals surface area contributed by atoms with Crippen LogP contribution in [0.1, 0.15) is 205 Å². The summed E-state index contributed by atoms with van der Waals surface area (Å²) in [5.74, 6) is 0. The Morgan fingerprint density at radius 2 is 0.675 bits per heavy atom. The second-order valence-corrected chi connectivity index (χ2v) is 12.5. The summed E-state index contributed by atoms with van der Waals surface area (Å²) in [5, 5.41) is 7.71. The van der Waals surface area contributed by atoms with E-state index in [1.54, 1.807) is 11.1 Å². The fourth-order valence-electron chi connectivity index (χ4n) is 6.40. The third-order valence-corrected chi connectivity index (χ3v) is 8.84. The molecule has 2 nitrogen and oxygen atoms in total. The Labute approximate surface area is 252 Å². The van der Waals surface area contributed by atoms with Gasteiger partial charge in [0.15, 0.2) is 0 Å². The summed E-state index contributed by atoms with van der Waals surface area (Å²) < 4.78 is 0. The van der Waals surface area contributed by atoms with Crippen LogP contribution in [-0.2, 0) is 0 Å². The Kier molecular flexibility index (Phi) is 26.3. The van der Waals surface area contributed by atoms with Crippen LogP contribution in [0, 0.1) is 0 Å². The van der Waals surface area contributed by atoms with Crippen molar-refractivity contribution in [3.8, 4) is 0 Å². The lowest BCUT2D eigenvalue weighted by atomic mass is 9.89. The highest BCUT2D eigenvalue weighted by atomic mass is 14.9. The second kappa shape index (κ2) is 28.3. The van der Waals surface area contributed by atoms with Crippen LogP contribution in [0.2, 0.25) is 0 Å². The van der Waals surface area contributed by atoms with Gasteiger partial charge in [-0.2, -0.15) is 0 Å². The molecule has 40 heavy (non-hydrogen) atoms. The van der Waals surface area contributed by atoms with Crippen molar-refractivity contribution in [3.63, 3.8) is 0 Å². The fourth-order valence-corrected chi connectivity index (χ4v) is 6.40. The van der Waals surface area contributed by atoms with Gasteiger partial charge in [0.25, 0.3) is 0 Å². The van der Waals surface area contributed by atoms with Gasteiger partial charge in [-0.25, -0.2) is 0 Å². The molecule has 1 aromatic carbocycles. The first-order valence-corrected chi connectivity index (χ1v) is 18.3. The zero-order valence-electron chi connectivity index (χ0n) is 27.8. The van der Waals surface area contributed by atoms with Crippen LogP contribution in [0.3, 0.4) is 0 Å². The molecule has 2 heteroatoms. The van der Waals surface area contributed by atoms with E-state index in [9.17, 15) is 0 Å². The number of rotatable bonds is 30. The average Bonchev–Trinajstić information content (AvgIpc) is 2.97. The van der Waals surface area contributed by atoms with Crippen molar-refractivity contribution >= 4 is 0 Å². The second-order valence-electron chi connectivity index (χ2n) is 12.5. The van der Waals surface area contributed by atoms with Crippen LogP contribution in [-0.4, -0.2) is 13.1 Å². The van der Waals surface area contributed by atoms with Crippen molar-refractivity contribution in [2.24, 2.45) is 0 Å². The minimum atomic E-state index is 0.484. The predicted octanol–water partition coefficient (Wildman–Crippen LogP) is 12.4. The highest BCUT2D eigenvalue weighted by molar-refractivity contribution is 5.33. The number of benzene rings is 1. The quantitative estimate of drug-likeness (QED) is 0.0921. The van der Waals surface area contributed by atoms with Crippen LogP contribution < -0.4 is 10.6 Å². The summed E-state index contributed by atoms with van der Waals surface area (Å²) in [6.07, 6.45) is 33.7. The van der Waals surface area contributed by atoms with Gasteiger partial charge in [0, 0.05) is 12.1 Å². The molecule has 0 heterocycles. The van der Waals surface area contributed by atoms with E-state index >= 15 is 0 Å². The lowest BCUT2D eigenvalue weighted by Crippen LogP contribution is -2.26. The molecule has 0 bridgehead atoms. The van der Waals surface area contributed by atoms with E-state index in [4.69, 9.17) is 0 Å². The van der Waals surface area contributed by atoms with Gasteiger partial charge in [0.2, 0.25) is 0 Å². The Morgan fingerprint density at radius 1 is 0.400 bits per heavy atom. The largest absolute Gasteiger partial charge is 0.310 e. The third-order valence-electron chi connectivity index (χ3n) is 8.84. The molecular weight excluding hydrogens is 484 g/mol. The highest BCUT2D eigenvalue weighted by Gasteiger charge is 2.19. The van der Waals surface area contributed by atoms with Gasteiger partial charge >= 0.3 is 0 Å². The van der Waals surface area contributed by atoms with Crippen molar-refractivity contribution in [1.82, 2.24) is 10.6 Å². The molecule has 0 fully saturated rings. The Morgan fingerprint density at radius 3 is 0.950 bits per heavy atom. The van der Waals surface area contributed by atoms with Crippen molar-refractivity contribution in [2.75, 3.05) is 13.1 Å². The Balaban J connectivity index is 2.42. The van der Waals surface area contributed by atoms with Gasteiger partial charge in [-0.05, 0) is 37.1 Å². The molecular formula is C38H72N2. The van der Waals surface area contributed by atoms with Crippen molar-refractivity contribution in [2.45, 2.75) is 194 Å². The molecule has 0 aliphatic heterocycles. The van der Waals surface area contributed by atoms with Gasteiger partial charge in [0.1, 0.15) is 0 Å². The molecule has 0 saturated carbocycles. The molecule has 0 aromatic heterocycles. The smallest absolute Gasteiger partial charge is 0.0323 e. The molecule has 0 aliphatic carbocycles. The molecule has 0 radical (unpaired) electrons. The van der Waals surface area contributed by atoms with E-state index < -0.39 is 0 Å². The lowest BCUT2D eigenvalue weighted by Gasteiger charge is -2.27. The minimum Gasteiger partial charge on any atom is -0.310 e. The summed E-state index contributed by atoms with van der Waals surface area (Å²) in [5.41, 5.74) is 3.09.